The Labute approximate surface area is 120 Å². The molecule has 2 aromatic rings. The molecule has 1 aromatic heterocycles. The molecule has 0 bridgehead atoms. The zero-order valence-electron chi connectivity index (χ0n) is 12.8. The summed E-state index contributed by atoms with van der Waals surface area (Å²) in [6, 6.07) is 4.45. The molecule has 1 aliphatic rings. The summed E-state index contributed by atoms with van der Waals surface area (Å²) in [4.78, 5) is 4.88. The van der Waals surface area contributed by atoms with Crippen LogP contribution in [0.15, 0.2) is 12.1 Å². The third-order valence-electron chi connectivity index (χ3n) is 4.39. The van der Waals surface area contributed by atoms with Gasteiger partial charge in [-0.25, -0.2) is 4.98 Å². The number of anilines is 1. The number of hydrogen-bond acceptors (Lipinski definition) is 2. The Hall–Kier alpha value is -1.77. The van der Waals surface area contributed by atoms with Crippen molar-refractivity contribution < 1.29 is 0 Å². The van der Waals surface area contributed by atoms with Crippen LogP contribution in [0.25, 0.3) is 11.3 Å². The first-order chi connectivity index (χ1) is 9.52. The molecule has 3 heteroatoms. The van der Waals surface area contributed by atoms with Gasteiger partial charge >= 0.3 is 0 Å². The van der Waals surface area contributed by atoms with Crippen molar-refractivity contribution in [1.82, 2.24) is 9.55 Å². The number of benzene rings is 1. The first-order valence-electron chi connectivity index (χ1n) is 7.47. The molecule has 0 unspecified atom stereocenters. The fraction of sp³-hybridized carbons (Fsp3) is 0.471. The van der Waals surface area contributed by atoms with Crippen LogP contribution >= 0.6 is 0 Å². The molecule has 1 aromatic carbocycles. The molecule has 0 amide bonds. The average Bonchev–Trinajstić information content (AvgIpc) is 3.19. The highest BCUT2D eigenvalue weighted by Crippen LogP contribution is 2.42. The van der Waals surface area contributed by atoms with E-state index in [4.69, 9.17) is 10.7 Å². The molecule has 1 aliphatic carbocycles. The van der Waals surface area contributed by atoms with Gasteiger partial charge in [-0.3, -0.25) is 0 Å². The Kier molecular flexibility index (Phi) is 3.08. The molecule has 0 spiro atoms. The molecule has 2 N–H and O–H groups in total. The maximum atomic E-state index is 6.37. The van der Waals surface area contributed by atoms with Crippen molar-refractivity contribution in [3.05, 3.63) is 34.6 Å². The Balaban J connectivity index is 2.17. The van der Waals surface area contributed by atoms with Crippen molar-refractivity contribution in [2.75, 3.05) is 5.73 Å². The predicted octanol–water partition coefficient (Wildman–Crippen LogP) is 3.95. The molecule has 0 aliphatic heterocycles. The lowest BCUT2D eigenvalue weighted by Crippen LogP contribution is -2.04. The number of aromatic nitrogens is 2. The summed E-state index contributed by atoms with van der Waals surface area (Å²) in [6.07, 6.45) is 2.50. The monoisotopic (exact) mass is 269 g/mol. The summed E-state index contributed by atoms with van der Waals surface area (Å²) in [6.45, 7) is 9.47. The van der Waals surface area contributed by atoms with Crippen LogP contribution in [0, 0.1) is 20.8 Å². The maximum absolute atomic E-state index is 6.37. The molecule has 3 rings (SSSR count). The first-order valence-corrected chi connectivity index (χ1v) is 7.47. The Bertz CT molecular complexity index is 663. The molecule has 3 nitrogen and oxygen atoms in total. The summed E-state index contributed by atoms with van der Waals surface area (Å²) < 4.78 is 2.18. The highest BCUT2D eigenvalue weighted by molar-refractivity contribution is 5.75. The van der Waals surface area contributed by atoms with Gasteiger partial charge in [0.2, 0.25) is 0 Å². The van der Waals surface area contributed by atoms with Crippen molar-refractivity contribution in [2.45, 2.75) is 53.0 Å². The van der Waals surface area contributed by atoms with E-state index < -0.39 is 0 Å². The van der Waals surface area contributed by atoms with E-state index in [-0.39, 0.29) is 0 Å². The van der Waals surface area contributed by atoms with Crippen LogP contribution in [-0.2, 0) is 6.54 Å². The van der Waals surface area contributed by atoms with Crippen molar-refractivity contribution in [3.8, 4) is 11.3 Å². The predicted molar refractivity (Wildman–Crippen MR) is 83.9 cm³/mol. The largest absolute Gasteiger partial charge is 0.383 e. The van der Waals surface area contributed by atoms with Gasteiger partial charge in [-0.05, 0) is 63.3 Å². The Morgan fingerprint density at radius 3 is 2.40 bits per heavy atom. The lowest BCUT2D eigenvalue weighted by molar-refractivity contribution is 0.708. The Morgan fingerprint density at radius 2 is 1.80 bits per heavy atom. The Morgan fingerprint density at radius 1 is 1.15 bits per heavy atom. The van der Waals surface area contributed by atoms with Gasteiger partial charge < -0.3 is 10.3 Å². The van der Waals surface area contributed by atoms with E-state index >= 15 is 0 Å². The van der Waals surface area contributed by atoms with Crippen LogP contribution in [0.1, 0.15) is 48.2 Å². The SMILES string of the molecule is CCn1c(C2CC2)nc(-c2cc(C)c(C)cc2C)c1N. The summed E-state index contributed by atoms with van der Waals surface area (Å²) in [5, 5.41) is 0. The third kappa shape index (κ3) is 2.01. The van der Waals surface area contributed by atoms with Crippen molar-refractivity contribution in [3.63, 3.8) is 0 Å². The van der Waals surface area contributed by atoms with E-state index in [0.717, 1.165) is 18.1 Å². The first kappa shape index (κ1) is 13.2. The van der Waals surface area contributed by atoms with Crippen molar-refractivity contribution in [1.29, 1.82) is 0 Å². The van der Waals surface area contributed by atoms with Gasteiger partial charge in [0.05, 0.1) is 0 Å². The van der Waals surface area contributed by atoms with Gasteiger partial charge in [0, 0.05) is 18.0 Å². The van der Waals surface area contributed by atoms with Gasteiger partial charge in [-0.15, -0.1) is 0 Å². The molecule has 1 heterocycles. The van der Waals surface area contributed by atoms with Crippen LogP contribution in [0.4, 0.5) is 5.82 Å². The molecule has 1 saturated carbocycles. The number of nitrogen functional groups attached to an aromatic ring is 1. The number of rotatable bonds is 3. The van der Waals surface area contributed by atoms with Crippen LogP contribution in [-0.4, -0.2) is 9.55 Å². The highest BCUT2D eigenvalue weighted by atomic mass is 15.1. The van der Waals surface area contributed by atoms with Crippen LogP contribution in [0.5, 0.6) is 0 Å². The van der Waals surface area contributed by atoms with E-state index in [1.807, 2.05) is 0 Å². The van der Waals surface area contributed by atoms with Gasteiger partial charge in [0.1, 0.15) is 17.3 Å². The number of nitrogens with two attached hydrogens (primary N) is 1. The second kappa shape index (κ2) is 4.65. The molecular weight excluding hydrogens is 246 g/mol. The van der Waals surface area contributed by atoms with E-state index in [1.165, 1.54) is 40.9 Å². The lowest BCUT2D eigenvalue weighted by Gasteiger charge is -2.09. The second-order valence-corrected chi connectivity index (χ2v) is 5.97. The average molecular weight is 269 g/mol. The summed E-state index contributed by atoms with van der Waals surface area (Å²) >= 11 is 0. The zero-order valence-corrected chi connectivity index (χ0v) is 12.8. The number of aryl methyl sites for hydroxylation is 3. The van der Waals surface area contributed by atoms with E-state index in [2.05, 4.69) is 44.4 Å². The van der Waals surface area contributed by atoms with Crippen LogP contribution < -0.4 is 5.73 Å². The quantitative estimate of drug-likeness (QED) is 0.916. The second-order valence-electron chi connectivity index (χ2n) is 5.97. The molecule has 0 atom stereocenters. The smallest absolute Gasteiger partial charge is 0.131 e. The van der Waals surface area contributed by atoms with E-state index in [1.54, 1.807) is 0 Å². The zero-order chi connectivity index (χ0) is 14.4. The van der Waals surface area contributed by atoms with Gasteiger partial charge in [0.25, 0.3) is 0 Å². The summed E-state index contributed by atoms with van der Waals surface area (Å²) in [5.74, 6) is 2.62. The number of imidazole rings is 1. The van der Waals surface area contributed by atoms with Crippen molar-refractivity contribution >= 4 is 5.82 Å². The van der Waals surface area contributed by atoms with Gasteiger partial charge in [0.15, 0.2) is 0 Å². The molecule has 1 fully saturated rings. The minimum atomic E-state index is 0.623. The highest BCUT2D eigenvalue weighted by Gasteiger charge is 2.30. The summed E-state index contributed by atoms with van der Waals surface area (Å²) in [7, 11) is 0. The van der Waals surface area contributed by atoms with Gasteiger partial charge in [-0.1, -0.05) is 6.07 Å². The topological polar surface area (TPSA) is 43.8 Å². The van der Waals surface area contributed by atoms with E-state index in [9.17, 15) is 0 Å². The molecule has 106 valence electrons. The standard InChI is InChI=1S/C17H23N3/c1-5-20-16(18)15(19-17(20)13-6-7-13)14-9-11(3)10(2)8-12(14)4/h8-9,13H,5-7,18H2,1-4H3. The fourth-order valence-electron chi connectivity index (χ4n) is 2.88. The minimum absolute atomic E-state index is 0.623. The van der Waals surface area contributed by atoms with Gasteiger partial charge in [-0.2, -0.15) is 0 Å². The third-order valence-corrected chi connectivity index (χ3v) is 4.39. The molecule has 0 radical (unpaired) electrons. The van der Waals surface area contributed by atoms with Crippen LogP contribution in [0.2, 0.25) is 0 Å². The molecular formula is C17H23N3. The minimum Gasteiger partial charge on any atom is -0.383 e. The number of nitrogens with zero attached hydrogens (tertiary/aromatic N) is 2. The van der Waals surface area contributed by atoms with Crippen LogP contribution in [0.3, 0.4) is 0 Å². The van der Waals surface area contributed by atoms with Crippen molar-refractivity contribution in [2.24, 2.45) is 0 Å². The lowest BCUT2D eigenvalue weighted by atomic mass is 9.99. The summed E-state index contributed by atoms with van der Waals surface area (Å²) in [5.41, 5.74) is 12.4. The molecule has 0 saturated heterocycles. The maximum Gasteiger partial charge on any atom is 0.131 e. The normalized spacial score (nSPS) is 14.8. The fourth-order valence-corrected chi connectivity index (χ4v) is 2.88. The van der Waals surface area contributed by atoms with E-state index in [0.29, 0.717) is 5.92 Å². The molecule has 20 heavy (non-hydrogen) atoms. The number of hydrogen-bond donors (Lipinski definition) is 1.